The molecule has 0 aliphatic carbocycles. The Labute approximate surface area is 121 Å². The fraction of sp³-hybridized carbons (Fsp3) is 0.286. The first-order valence-corrected chi connectivity index (χ1v) is 7.14. The number of anilines is 1. The van der Waals surface area contributed by atoms with Gasteiger partial charge in [-0.1, -0.05) is 18.2 Å². The third-order valence-corrected chi connectivity index (χ3v) is 4.28. The molecule has 0 saturated carbocycles. The molecule has 1 amide bonds. The number of fused-ring (bicyclic) bond motifs is 1. The molecule has 104 valence electrons. The Bertz CT molecular complexity index is 654. The number of ether oxygens (including phenoxy) is 1. The molecule has 20 heavy (non-hydrogen) atoms. The highest BCUT2D eigenvalue weighted by Gasteiger charge is 2.27. The van der Waals surface area contributed by atoms with E-state index in [2.05, 4.69) is 15.0 Å². The Morgan fingerprint density at radius 1 is 1.45 bits per heavy atom. The van der Waals surface area contributed by atoms with E-state index in [0.29, 0.717) is 12.2 Å². The maximum Gasteiger partial charge on any atom is 0.256 e. The van der Waals surface area contributed by atoms with E-state index in [1.165, 1.54) is 11.5 Å². The van der Waals surface area contributed by atoms with Crippen LogP contribution in [0.25, 0.3) is 0 Å². The van der Waals surface area contributed by atoms with Gasteiger partial charge in [0.25, 0.3) is 5.91 Å². The number of carbonyl (C=O) groups is 1. The molecule has 6 heteroatoms. The quantitative estimate of drug-likeness (QED) is 0.910. The van der Waals surface area contributed by atoms with Gasteiger partial charge in [-0.15, -0.1) is 0 Å². The van der Waals surface area contributed by atoms with Gasteiger partial charge in [0.05, 0.1) is 17.3 Å². The minimum Gasteiger partial charge on any atom is -0.491 e. The smallest absolute Gasteiger partial charge is 0.256 e. The molecular formula is C14H15N3O2S. The zero-order valence-electron chi connectivity index (χ0n) is 11.3. The van der Waals surface area contributed by atoms with Gasteiger partial charge in [0, 0.05) is 12.6 Å². The number of para-hydroxylation sites is 1. The number of amides is 1. The fourth-order valence-electron chi connectivity index (χ4n) is 2.32. The lowest BCUT2D eigenvalue weighted by atomic mass is 10.1. The van der Waals surface area contributed by atoms with E-state index in [9.17, 15) is 4.79 Å². The van der Waals surface area contributed by atoms with E-state index in [1.807, 2.05) is 31.2 Å². The molecule has 0 spiro atoms. The zero-order chi connectivity index (χ0) is 14.1. The molecule has 1 aliphatic rings. The second-order valence-electron chi connectivity index (χ2n) is 4.60. The van der Waals surface area contributed by atoms with E-state index < -0.39 is 0 Å². The summed E-state index contributed by atoms with van der Waals surface area (Å²) < 4.78 is 9.79. The second kappa shape index (κ2) is 5.13. The van der Waals surface area contributed by atoms with E-state index in [1.54, 1.807) is 7.05 Å². The van der Waals surface area contributed by atoms with Gasteiger partial charge in [0.1, 0.15) is 17.4 Å². The van der Waals surface area contributed by atoms with Crippen LogP contribution >= 0.6 is 11.5 Å². The van der Waals surface area contributed by atoms with Crippen molar-refractivity contribution in [2.45, 2.75) is 13.0 Å². The highest BCUT2D eigenvalue weighted by Crippen LogP contribution is 2.32. The highest BCUT2D eigenvalue weighted by molar-refractivity contribution is 7.10. The summed E-state index contributed by atoms with van der Waals surface area (Å²) in [6, 6.07) is 7.66. The summed E-state index contributed by atoms with van der Waals surface area (Å²) in [5, 5.41) is 6.81. The summed E-state index contributed by atoms with van der Waals surface area (Å²) in [7, 11) is 1.79. The first-order valence-electron chi connectivity index (χ1n) is 6.37. The van der Waals surface area contributed by atoms with Crippen molar-refractivity contribution < 1.29 is 9.53 Å². The summed E-state index contributed by atoms with van der Waals surface area (Å²) in [4.78, 5) is 12.4. The van der Waals surface area contributed by atoms with E-state index in [0.717, 1.165) is 22.0 Å². The molecule has 1 aromatic heterocycles. The fourth-order valence-corrected chi connectivity index (χ4v) is 3.06. The SMILES string of the molecule is CNc1snc(C)c1C(=O)NC1COc2ccccc21. The van der Waals surface area contributed by atoms with Crippen molar-refractivity contribution in [1.82, 2.24) is 9.69 Å². The lowest BCUT2D eigenvalue weighted by molar-refractivity contribution is 0.0930. The molecule has 0 bridgehead atoms. The maximum atomic E-state index is 12.4. The minimum atomic E-state index is -0.120. The van der Waals surface area contributed by atoms with Crippen molar-refractivity contribution in [1.29, 1.82) is 0 Å². The van der Waals surface area contributed by atoms with Crippen molar-refractivity contribution in [2.24, 2.45) is 0 Å². The van der Waals surface area contributed by atoms with Crippen molar-refractivity contribution in [3.05, 3.63) is 41.1 Å². The average molecular weight is 289 g/mol. The van der Waals surface area contributed by atoms with Gasteiger partial charge in [-0.05, 0) is 24.5 Å². The molecule has 2 heterocycles. The van der Waals surface area contributed by atoms with Gasteiger partial charge in [-0.3, -0.25) is 4.79 Å². The molecule has 1 aliphatic heterocycles. The number of rotatable bonds is 3. The zero-order valence-corrected chi connectivity index (χ0v) is 12.1. The average Bonchev–Trinajstić information content (AvgIpc) is 3.03. The molecular weight excluding hydrogens is 274 g/mol. The van der Waals surface area contributed by atoms with Crippen LogP contribution in [-0.4, -0.2) is 23.9 Å². The summed E-state index contributed by atoms with van der Waals surface area (Å²) in [5.41, 5.74) is 2.37. The molecule has 3 rings (SSSR count). The topological polar surface area (TPSA) is 63.2 Å². The van der Waals surface area contributed by atoms with Crippen LogP contribution in [-0.2, 0) is 0 Å². The lowest BCUT2D eigenvalue weighted by Crippen LogP contribution is -2.30. The monoisotopic (exact) mass is 289 g/mol. The molecule has 1 aromatic carbocycles. The number of hydrogen-bond acceptors (Lipinski definition) is 5. The maximum absolute atomic E-state index is 12.4. The van der Waals surface area contributed by atoms with Crippen LogP contribution in [0.4, 0.5) is 5.00 Å². The molecule has 1 unspecified atom stereocenters. The van der Waals surface area contributed by atoms with Gasteiger partial charge < -0.3 is 15.4 Å². The highest BCUT2D eigenvalue weighted by atomic mass is 32.1. The number of carbonyl (C=O) groups excluding carboxylic acids is 1. The molecule has 0 saturated heterocycles. The van der Waals surface area contributed by atoms with Crippen LogP contribution in [0.1, 0.15) is 27.7 Å². The van der Waals surface area contributed by atoms with Gasteiger partial charge in [-0.2, -0.15) is 4.37 Å². The Hall–Kier alpha value is -2.08. The molecule has 0 fully saturated rings. The third kappa shape index (κ3) is 2.12. The number of nitrogens with one attached hydrogen (secondary N) is 2. The Morgan fingerprint density at radius 2 is 2.25 bits per heavy atom. The van der Waals surface area contributed by atoms with Crippen LogP contribution in [0.2, 0.25) is 0 Å². The van der Waals surface area contributed by atoms with Gasteiger partial charge >= 0.3 is 0 Å². The molecule has 1 atom stereocenters. The first-order chi connectivity index (χ1) is 9.70. The number of aryl methyl sites for hydroxylation is 1. The van der Waals surface area contributed by atoms with Crippen LogP contribution in [0.15, 0.2) is 24.3 Å². The standard InChI is InChI=1S/C14H15N3O2S/c1-8-12(14(15-2)20-17-8)13(18)16-10-7-19-11-6-4-3-5-9(10)11/h3-6,10,15H,7H2,1-2H3,(H,16,18). The molecule has 2 N–H and O–H groups in total. The van der Waals surface area contributed by atoms with Crippen molar-refractivity contribution in [3.63, 3.8) is 0 Å². The third-order valence-electron chi connectivity index (χ3n) is 3.32. The van der Waals surface area contributed by atoms with Crippen molar-refractivity contribution >= 4 is 22.4 Å². The Morgan fingerprint density at radius 3 is 3.05 bits per heavy atom. The van der Waals surface area contributed by atoms with Crippen LogP contribution < -0.4 is 15.4 Å². The molecule has 2 aromatic rings. The largest absolute Gasteiger partial charge is 0.491 e. The van der Waals surface area contributed by atoms with Crippen LogP contribution in [0.5, 0.6) is 5.75 Å². The summed E-state index contributed by atoms with van der Waals surface area (Å²) in [6.45, 7) is 2.31. The van der Waals surface area contributed by atoms with Crippen molar-refractivity contribution in [2.75, 3.05) is 19.0 Å². The van der Waals surface area contributed by atoms with E-state index in [-0.39, 0.29) is 11.9 Å². The van der Waals surface area contributed by atoms with Gasteiger partial charge in [0.15, 0.2) is 0 Å². The van der Waals surface area contributed by atoms with Crippen LogP contribution in [0, 0.1) is 6.92 Å². The minimum absolute atomic E-state index is 0.109. The van der Waals surface area contributed by atoms with E-state index in [4.69, 9.17) is 4.74 Å². The van der Waals surface area contributed by atoms with Crippen molar-refractivity contribution in [3.8, 4) is 5.75 Å². The number of hydrogen-bond donors (Lipinski definition) is 2. The molecule has 0 radical (unpaired) electrons. The summed E-state index contributed by atoms with van der Waals surface area (Å²) in [5.74, 6) is 0.720. The molecule has 5 nitrogen and oxygen atoms in total. The predicted octanol–water partition coefficient (Wildman–Crippen LogP) is 2.36. The van der Waals surface area contributed by atoms with E-state index >= 15 is 0 Å². The number of nitrogens with zero attached hydrogens (tertiary/aromatic N) is 1. The first kappa shape index (κ1) is 12.9. The normalized spacial score (nSPS) is 16.4. The summed E-state index contributed by atoms with van der Waals surface area (Å²) >= 11 is 1.29. The van der Waals surface area contributed by atoms with Crippen LogP contribution in [0.3, 0.4) is 0 Å². The number of benzene rings is 1. The predicted molar refractivity (Wildman–Crippen MR) is 78.5 cm³/mol. The van der Waals surface area contributed by atoms with Gasteiger partial charge in [0.2, 0.25) is 0 Å². The Kier molecular flexibility index (Phi) is 3.31. The second-order valence-corrected chi connectivity index (χ2v) is 5.37. The number of aromatic nitrogens is 1. The summed E-state index contributed by atoms with van der Waals surface area (Å²) in [6.07, 6.45) is 0. The lowest BCUT2D eigenvalue weighted by Gasteiger charge is -2.12. The Balaban J connectivity index is 1.82. The van der Waals surface area contributed by atoms with Gasteiger partial charge in [-0.25, -0.2) is 0 Å².